The van der Waals surface area contributed by atoms with Gasteiger partial charge >= 0.3 is 24.2 Å². The van der Waals surface area contributed by atoms with Gasteiger partial charge in [0.15, 0.2) is 17.0 Å². The summed E-state index contributed by atoms with van der Waals surface area (Å²) in [6.45, 7) is 18.2. The molecule has 5 aromatic rings. The number of hydrogen-bond acceptors (Lipinski definition) is 15. The van der Waals surface area contributed by atoms with Crippen molar-refractivity contribution in [3.8, 4) is 11.5 Å². The molecule has 0 spiro atoms. The number of carbonyl (C=O) groups is 5. The van der Waals surface area contributed by atoms with Gasteiger partial charge in [-0.15, -0.1) is 0 Å². The molecule has 20 heteroatoms. The van der Waals surface area contributed by atoms with Crippen LogP contribution in [0.2, 0.25) is 25.7 Å². The SMILES string of the molecule is CC(C)(C)OC(=O)NCCCOc1cc(C(=O)Nc2ccc3c(OCCCNC(=O)OC(C)(C)C)cc(C(=O)OCc4ccccc4)nc3n2)nc2nc(NC(=O)OCC[Si](C)(C)C)ccc12. The number of esters is 1. The molecule has 0 saturated carbocycles. The van der Waals surface area contributed by atoms with E-state index in [1.807, 2.05) is 30.3 Å². The van der Waals surface area contributed by atoms with Crippen LogP contribution in [-0.2, 0) is 25.6 Å². The van der Waals surface area contributed by atoms with Crippen LogP contribution in [0.3, 0.4) is 0 Å². The fourth-order valence-corrected chi connectivity index (χ4v) is 6.55. The molecule has 0 unspecified atom stereocenters. The first-order chi connectivity index (χ1) is 31.6. The van der Waals surface area contributed by atoms with Gasteiger partial charge in [-0.3, -0.25) is 10.1 Å². The highest BCUT2D eigenvalue weighted by Gasteiger charge is 2.21. The molecule has 4 aromatic heterocycles. The number of nitrogens with one attached hydrogen (secondary N) is 4. The van der Waals surface area contributed by atoms with Crippen molar-refractivity contribution in [3.05, 3.63) is 83.7 Å². The molecule has 19 nitrogen and oxygen atoms in total. The van der Waals surface area contributed by atoms with Crippen LogP contribution in [0.5, 0.6) is 11.5 Å². The van der Waals surface area contributed by atoms with E-state index in [2.05, 4.69) is 60.8 Å². The van der Waals surface area contributed by atoms with Crippen molar-refractivity contribution >= 4 is 71.9 Å². The average Bonchev–Trinajstić information content (AvgIpc) is 3.23. The Balaban J connectivity index is 1.38. The second-order valence-electron chi connectivity index (χ2n) is 18.5. The number of carbonyl (C=O) groups excluding carboxylic acids is 5. The van der Waals surface area contributed by atoms with Crippen molar-refractivity contribution in [2.75, 3.05) is 43.5 Å². The highest BCUT2D eigenvalue weighted by Crippen LogP contribution is 2.29. The molecule has 0 aliphatic rings. The third-order valence-electron chi connectivity index (χ3n) is 8.97. The van der Waals surface area contributed by atoms with Crippen LogP contribution in [0.15, 0.2) is 66.7 Å². The minimum atomic E-state index is -1.44. The van der Waals surface area contributed by atoms with Crippen molar-refractivity contribution in [1.82, 2.24) is 30.6 Å². The van der Waals surface area contributed by atoms with Crippen LogP contribution in [0.4, 0.5) is 26.0 Å². The van der Waals surface area contributed by atoms with Crippen LogP contribution in [0, 0.1) is 0 Å². The van der Waals surface area contributed by atoms with Gasteiger partial charge in [0.25, 0.3) is 5.91 Å². The predicted molar refractivity (Wildman–Crippen MR) is 254 cm³/mol. The topological polar surface area (TPSA) is 240 Å². The van der Waals surface area contributed by atoms with Crippen molar-refractivity contribution in [3.63, 3.8) is 0 Å². The number of hydrogen-bond donors (Lipinski definition) is 4. The molecule has 0 fully saturated rings. The average molecular weight is 941 g/mol. The first-order valence-electron chi connectivity index (χ1n) is 21.9. The highest BCUT2D eigenvalue weighted by atomic mass is 28.3. The predicted octanol–water partition coefficient (Wildman–Crippen LogP) is 8.66. The van der Waals surface area contributed by atoms with E-state index in [0.717, 1.165) is 11.6 Å². The number of ether oxygens (including phenoxy) is 6. The molecule has 4 N–H and O–H groups in total. The first-order valence-corrected chi connectivity index (χ1v) is 25.6. The first kappa shape index (κ1) is 50.9. The van der Waals surface area contributed by atoms with E-state index in [0.29, 0.717) is 23.6 Å². The molecule has 0 saturated heterocycles. The lowest BCUT2D eigenvalue weighted by Crippen LogP contribution is -2.33. The molecular weight excluding hydrogens is 881 g/mol. The molecule has 0 atom stereocenters. The Morgan fingerprint density at radius 1 is 0.582 bits per heavy atom. The van der Waals surface area contributed by atoms with Gasteiger partial charge in [0.1, 0.15) is 46.6 Å². The Morgan fingerprint density at radius 3 is 1.61 bits per heavy atom. The zero-order chi connectivity index (χ0) is 48.8. The van der Waals surface area contributed by atoms with E-state index < -0.39 is 49.4 Å². The molecule has 0 bridgehead atoms. The molecular formula is C47H60N8O11Si. The highest BCUT2D eigenvalue weighted by molar-refractivity contribution is 6.76. The summed E-state index contributed by atoms with van der Waals surface area (Å²) in [5, 5.41) is 11.6. The van der Waals surface area contributed by atoms with Gasteiger partial charge in [-0.1, -0.05) is 50.0 Å². The zero-order valence-corrected chi connectivity index (χ0v) is 40.5. The Morgan fingerprint density at radius 2 is 1.09 bits per heavy atom. The monoisotopic (exact) mass is 940 g/mol. The molecule has 5 rings (SSSR count). The number of fused-ring (bicyclic) bond motifs is 2. The van der Waals surface area contributed by atoms with E-state index in [9.17, 15) is 24.0 Å². The number of pyridine rings is 4. The summed E-state index contributed by atoms with van der Waals surface area (Å²) < 4.78 is 33.7. The lowest BCUT2D eigenvalue weighted by molar-refractivity contribution is 0.0462. The molecule has 1 aromatic carbocycles. The number of anilines is 2. The molecule has 358 valence electrons. The fraction of sp³-hybridized carbons (Fsp3) is 0.426. The van der Waals surface area contributed by atoms with Gasteiger partial charge in [0, 0.05) is 33.3 Å². The minimum absolute atomic E-state index is 0.00190. The maximum absolute atomic E-state index is 14.0. The summed E-state index contributed by atoms with van der Waals surface area (Å²) in [7, 11) is -1.44. The molecule has 4 amide bonds. The number of amides is 4. The summed E-state index contributed by atoms with van der Waals surface area (Å²) in [6, 6.07) is 19.2. The summed E-state index contributed by atoms with van der Waals surface area (Å²) in [4.78, 5) is 82.3. The molecule has 67 heavy (non-hydrogen) atoms. The molecule has 0 aliphatic heterocycles. The van der Waals surface area contributed by atoms with E-state index in [-0.39, 0.29) is 85.3 Å². The third-order valence-corrected chi connectivity index (χ3v) is 10.7. The van der Waals surface area contributed by atoms with Crippen LogP contribution >= 0.6 is 0 Å². The van der Waals surface area contributed by atoms with Crippen LogP contribution in [-0.4, -0.2) is 102 Å². The lowest BCUT2D eigenvalue weighted by Gasteiger charge is -2.19. The minimum Gasteiger partial charge on any atom is -0.493 e. The molecule has 0 aliphatic carbocycles. The summed E-state index contributed by atoms with van der Waals surface area (Å²) in [6.07, 6.45) is -0.999. The second-order valence-corrected chi connectivity index (χ2v) is 24.1. The van der Waals surface area contributed by atoms with E-state index in [4.69, 9.17) is 28.4 Å². The number of nitrogens with zero attached hydrogens (tertiary/aromatic N) is 4. The normalized spacial score (nSPS) is 11.6. The summed E-state index contributed by atoms with van der Waals surface area (Å²) in [5.74, 6) is -0.681. The zero-order valence-electron chi connectivity index (χ0n) is 39.5. The van der Waals surface area contributed by atoms with Crippen LogP contribution in [0.1, 0.15) is 80.9 Å². The van der Waals surface area contributed by atoms with E-state index >= 15 is 0 Å². The van der Waals surface area contributed by atoms with Gasteiger partial charge in [-0.05, 0) is 90.3 Å². The number of benzene rings is 1. The summed E-state index contributed by atoms with van der Waals surface area (Å²) in [5.41, 5.74) is -0.560. The van der Waals surface area contributed by atoms with E-state index in [1.165, 1.54) is 18.2 Å². The standard InChI is InChI=1S/C47H60N8O11Si/c1-46(2,3)65-43(58)48-21-13-23-61-35-27-33(50-39-31(35)18-20-38(53-39)55-45(60)63-25-26-67(7,8)9)41(56)54-37-19-17-32-36(62-24-14-22-49-44(59)66-47(4,5)6)28-34(51-40(32)52-37)42(57)64-29-30-15-11-10-12-16-30/h10-12,15-20,27-28H,13-14,21-26,29H2,1-9H3,(H,48,58)(H,49,59)(H,50,53,55,60)(H,51,52,54,56). The van der Waals surface area contributed by atoms with Crippen molar-refractivity contribution in [2.24, 2.45) is 0 Å². The van der Waals surface area contributed by atoms with Gasteiger partial charge in [0.2, 0.25) is 0 Å². The van der Waals surface area contributed by atoms with Crippen LogP contribution < -0.4 is 30.7 Å². The van der Waals surface area contributed by atoms with Crippen molar-refractivity contribution in [2.45, 2.75) is 97.9 Å². The number of alkyl carbamates (subject to hydrolysis) is 2. The lowest BCUT2D eigenvalue weighted by atomic mass is 10.2. The van der Waals surface area contributed by atoms with E-state index in [1.54, 1.807) is 59.7 Å². The second kappa shape index (κ2) is 22.9. The Bertz CT molecular complexity index is 2540. The smallest absolute Gasteiger partial charge is 0.412 e. The van der Waals surface area contributed by atoms with Crippen LogP contribution in [0.25, 0.3) is 22.1 Å². The maximum atomic E-state index is 14.0. The molecule has 4 heterocycles. The van der Waals surface area contributed by atoms with Gasteiger partial charge in [-0.25, -0.2) is 39.1 Å². The quantitative estimate of drug-likeness (QED) is 0.0262. The Hall–Kier alpha value is -7.09. The number of aromatic nitrogens is 4. The van der Waals surface area contributed by atoms with Gasteiger partial charge in [0.05, 0.1) is 30.6 Å². The molecule has 0 radical (unpaired) electrons. The largest absolute Gasteiger partial charge is 0.493 e. The number of rotatable bonds is 19. The van der Waals surface area contributed by atoms with Crippen molar-refractivity contribution in [1.29, 1.82) is 0 Å². The maximum Gasteiger partial charge on any atom is 0.412 e. The van der Waals surface area contributed by atoms with Gasteiger partial charge in [-0.2, -0.15) is 0 Å². The Kier molecular flexibility index (Phi) is 17.4. The third kappa shape index (κ3) is 17.3. The van der Waals surface area contributed by atoms with Gasteiger partial charge < -0.3 is 44.4 Å². The summed E-state index contributed by atoms with van der Waals surface area (Å²) >= 11 is 0. The fourth-order valence-electron chi connectivity index (χ4n) is 5.83. The Labute approximate surface area is 390 Å². The van der Waals surface area contributed by atoms with Crippen molar-refractivity contribution < 1.29 is 52.4 Å².